The minimum absolute atomic E-state index is 0.190. The van der Waals surface area contributed by atoms with E-state index in [-0.39, 0.29) is 11.1 Å². The highest BCUT2D eigenvalue weighted by molar-refractivity contribution is 5.89. The third kappa shape index (κ3) is 2.50. The van der Waals surface area contributed by atoms with Crippen LogP contribution in [0.2, 0.25) is 0 Å². The summed E-state index contributed by atoms with van der Waals surface area (Å²) >= 11 is 0. The predicted molar refractivity (Wildman–Crippen MR) is 48.8 cm³/mol. The lowest BCUT2D eigenvalue weighted by molar-refractivity contribution is -0.0556. The number of hydrogen-bond acceptors (Lipinski definition) is 3. The third-order valence-electron chi connectivity index (χ3n) is 1.93. The van der Waals surface area contributed by atoms with E-state index in [0.29, 0.717) is 0 Å². The van der Waals surface area contributed by atoms with Gasteiger partial charge < -0.3 is 9.84 Å². The fraction of sp³-hybridized carbons (Fsp3) is 0.300. The van der Waals surface area contributed by atoms with Gasteiger partial charge in [0.2, 0.25) is 0 Å². The Bertz CT molecular complexity index is 346. The molecule has 0 fully saturated rings. The molecule has 1 rings (SSSR count). The molecule has 0 spiro atoms. The van der Waals surface area contributed by atoms with Crippen molar-refractivity contribution in [3.63, 3.8) is 0 Å². The Labute approximate surface area is 85.3 Å². The predicted octanol–water partition coefficient (Wildman–Crippen LogP) is 1.56. The molecule has 0 unspecified atom stereocenters. The van der Waals surface area contributed by atoms with Crippen LogP contribution < -0.4 is 0 Å². The summed E-state index contributed by atoms with van der Waals surface area (Å²) in [5.74, 6) is -3.87. The van der Waals surface area contributed by atoms with Crippen LogP contribution in [-0.4, -0.2) is 24.8 Å². The van der Waals surface area contributed by atoms with Crippen LogP contribution in [-0.2, 0) is 10.7 Å². The quantitative estimate of drug-likeness (QED) is 0.780. The molecule has 0 radical (unpaired) electrons. The highest BCUT2D eigenvalue weighted by atomic mass is 19.3. The van der Waals surface area contributed by atoms with Gasteiger partial charge in [0.15, 0.2) is 0 Å². The van der Waals surface area contributed by atoms with Gasteiger partial charge in [-0.15, -0.1) is 0 Å². The Morgan fingerprint density at radius 1 is 1.40 bits per heavy atom. The maximum atomic E-state index is 12.9. The van der Waals surface area contributed by atoms with Gasteiger partial charge in [-0.05, 0) is 12.1 Å². The van der Waals surface area contributed by atoms with Crippen molar-refractivity contribution in [1.82, 2.24) is 0 Å². The first-order valence-electron chi connectivity index (χ1n) is 4.19. The number of benzene rings is 1. The van der Waals surface area contributed by atoms with E-state index >= 15 is 0 Å². The van der Waals surface area contributed by atoms with Gasteiger partial charge in [-0.25, -0.2) is 4.79 Å². The normalized spacial score (nSPS) is 11.2. The van der Waals surface area contributed by atoms with Crippen LogP contribution in [0.25, 0.3) is 0 Å². The molecule has 3 nitrogen and oxygen atoms in total. The number of hydrogen-bond donors (Lipinski definition) is 1. The van der Waals surface area contributed by atoms with Crippen LogP contribution >= 0.6 is 0 Å². The number of aliphatic hydroxyl groups is 1. The topological polar surface area (TPSA) is 46.5 Å². The molecule has 5 heteroatoms. The van der Waals surface area contributed by atoms with Crippen LogP contribution in [0.5, 0.6) is 0 Å². The Morgan fingerprint density at radius 3 is 2.33 bits per heavy atom. The third-order valence-corrected chi connectivity index (χ3v) is 1.93. The number of methoxy groups -OCH3 is 1. The molecule has 1 aromatic carbocycles. The molecular formula is C10H10F2O3. The average Bonchev–Trinajstić information content (AvgIpc) is 2.28. The Hall–Kier alpha value is -1.49. The summed E-state index contributed by atoms with van der Waals surface area (Å²) in [7, 11) is 1.21. The van der Waals surface area contributed by atoms with E-state index in [4.69, 9.17) is 5.11 Å². The van der Waals surface area contributed by atoms with E-state index in [0.717, 1.165) is 12.1 Å². The van der Waals surface area contributed by atoms with Crippen molar-refractivity contribution >= 4 is 5.97 Å². The number of rotatable bonds is 3. The fourth-order valence-corrected chi connectivity index (χ4v) is 1.06. The molecule has 0 aliphatic carbocycles. The summed E-state index contributed by atoms with van der Waals surface area (Å²) in [4.78, 5) is 11.0. The number of carbonyl (C=O) groups excluding carboxylic acids is 1. The van der Waals surface area contributed by atoms with Crippen LogP contribution in [0.4, 0.5) is 8.78 Å². The Kier molecular flexibility index (Phi) is 3.36. The number of halogens is 2. The van der Waals surface area contributed by atoms with Crippen molar-refractivity contribution in [3.05, 3.63) is 35.4 Å². The maximum Gasteiger partial charge on any atom is 0.337 e. The van der Waals surface area contributed by atoms with Crippen molar-refractivity contribution < 1.29 is 23.4 Å². The maximum absolute atomic E-state index is 12.9. The average molecular weight is 216 g/mol. The second-order valence-corrected chi connectivity index (χ2v) is 2.93. The summed E-state index contributed by atoms with van der Waals surface area (Å²) in [6, 6.07) is 4.63. The van der Waals surface area contributed by atoms with E-state index in [1.807, 2.05) is 0 Å². The second kappa shape index (κ2) is 4.35. The molecule has 0 aromatic heterocycles. The van der Waals surface area contributed by atoms with Gasteiger partial charge in [0.05, 0.1) is 12.7 Å². The first-order chi connectivity index (χ1) is 7.01. The molecule has 0 aliphatic rings. The van der Waals surface area contributed by atoms with E-state index in [9.17, 15) is 13.6 Å². The lowest BCUT2D eigenvalue weighted by atomic mass is 10.1. The van der Waals surface area contributed by atoms with E-state index < -0.39 is 18.5 Å². The summed E-state index contributed by atoms with van der Waals surface area (Å²) < 4.78 is 30.3. The van der Waals surface area contributed by atoms with Crippen LogP contribution in [0.3, 0.4) is 0 Å². The number of alkyl halides is 2. The highest BCUT2D eigenvalue weighted by Gasteiger charge is 2.30. The van der Waals surface area contributed by atoms with Crippen LogP contribution in [0.15, 0.2) is 24.3 Å². The highest BCUT2D eigenvalue weighted by Crippen LogP contribution is 2.27. The van der Waals surface area contributed by atoms with Crippen molar-refractivity contribution in [2.75, 3.05) is 13.7 Å². The van der Waals surface area contributed by atoms with Crippen molar-refractivity contribution in [2.24, 2.45) is 0 Å². The lowest BCUT2D eigenvalue weighted by Gasteiger charge is -2.13. The molecule has 82 valence electrons. The Balaban J connectivity index is 2.95. The van der Waals surface area contributed by atoms with Crippen molar-refractivity contribution in [3.8, 4) is 0 Å². The number of ether oxygens (including phenoxy) is 1. The standard InChI is InChI=1S/C10H10F2O3/c1-15-9(14)7-2-4-8(5-3-7)10(11,12)6-13/h2-5,13H,6H2,1H3. The van der Waals surface area contributed by atoms with Crippen LogP contribution in [0.1, 0.15) is 15.9 Å². The van der Waals surface area contributed by atoms with Gasteiger partial charge >= 0.3 is 5.97 Å². The SMILES string of the molecule is COC(=O)c1ccc(C(F)(F)CO)cc1. The summed E-state index contributed by atoms with van der Waals surface area (Å²) in [5, 5.41) is 8.43. The summed E-state index contributed by atoms with van der Waals surface area (Å²) in [6.07, 6.45) is 0. The van der Waals surface area contributed by atoms with Crippen molar-refractivity contribution in [1.29, 1.82) is 0 Å². The minimum Gasteiger partial charge on any atom is -0.465 e. The Morgan fingerprint density at radius 2 is 1.93 bits per heavy atom. The molecule has 0 bridgehead atoms. The molecule has 0 saturated heterocycles. The molecule has 0 amide bonds. The van der Waals surface area contributed by atoms with Gasteiger partial charge in [-0.3, -0.25) is 0 Å². The molecule has 1 N–H and O–H groups in total. The van der Waals surface area contributed by atoms with Gasteiger partial charge in [-0.2, -0.15) is 8.78 Å². The van der Waals surface area contributed by atoms with Gasteiger partial charge in [0.25, 0.3) is 5.92 Å². The first-order valence-corrected chi connectivity index (χ1v) is 4.19. The summed E-state index contributed by atoms with van der Waals surface area (Å²) in [6.45, 7) is -1.26. The smallest absolute Gasteiger partial charge is 0.337 e. The zero-order valence-corrected chi connectivity index (χ0v) is 8.04. The summed E-state index contributed by atoms with van der Waals surface area (Å²) in [5.41, 5.74) is -0.146. The number of esters is 1. The van der Waals surface area contributed by atoms with Gasteiger partial charge in [0, 0.05) is 5.56 Å². The molecular weight excluding hydrogens is 206 g/mol. The molecule has 0 aliphatic heterocycles. The van der Waals surface area contributed by atoms with E-state index in [1.165, 1.54) is 19.2 Å². The van der Waals surface area contributed by atoms with Crippen molar-refractivity contribution in [2.45, 2.75) is 5.92 Å². The van der Waals surface area contributed by atoms with E-state index in [2.05, 4.69) is 4.74 Å². The second-order valence-electron chi connectivity index (χ2n) is 2.93. The van der Waals surface area contributed by atoms with Crippen LogP contribution in [0, 0.1) is 0 Å². The monoisotopic (exact) mass is 216 g/mol. The zero-order chi connectivity index (χ0) is 11.5. The largest absolute Gasteiger partial charge is 0.465 e. The first kappa shape index (κ1) is 11.6. The molecule has 15 heavy (non-hydrogen) atoms. The molecule has 0 heterocycles. The van der Waals surface area contributed by atoms with E-state index in [1.54, 1.807) is 0 Å². The number of aliphatic hydroxyl groups excluding tert-OH is 1. The minimum atomic E-state index is -3.28. The fourth-order valence-electron chi connectivity index (χ4n) is 1.06. The van der Waals surface area contributed by atoms with Gasteiger partial charge in [0.1, 0.15) is 6.61 Å². The molecule has 0 saturated carbocycles. The molecule has 1 aromatic rings. The lowest BCUT2D eigenvalue weighted by Crippen LogP contribution is -2.18. The number of carbonyl (C=O) groups is 1. The van der Waals surface area contributed by atoms with Gasteiger partial charge in [-0.1, -0.05) is 12.1 Å². The molecule has 0 atom stereocenters. The zero-order valence-electron chi connectivity index (χ0n) is 8.04.